The highest BCUT2D eigenvalue weighted by Gasteiger charge is 2.22. The second-order valence-electron chi connectivity index (χ2n) is 5.25. The molecule has 0 bridgehead atoms. The third kappa shape index (κ3) is 3.81. The number of nitrogens with zero attached hydrogens (tertiary/aromatic N) is 1. The summed E-state index contributed by atoms with van der Waals surface area (Å²) >= 11 is 0. The minimum atomic E-state index is 0.527. The summed E-state index contributed by atoms with van der Waals surface area (Å²) in [6.07, 6.45) is 3.95. The average molecular weight is 196 g/mol. The van der Waals surface area contributed by atoms with Crippen LogP contribution in [-0.2, 0) is 0 Å². The Balaban J connectivity index is 2.38. The molecular weight excluding hydrogens is 172 g/mol. The van der Waals surface area contributed by atoms with Crippen molar-refractivity contribution in [2.75, 3.05) is 26.2 Å². The fraction of sp³-hybridized carbons (Fsp3) is 0.833. The average Bonchev–Trinajstić information content (AvgIpc) is 2.28. The molecule has 14 heavy (non-hydrogen) atoms. The third-order valence-corrected chi connectivity index (χ3v) is 3.17. The molecule has 0 atom stereocenters. The van der Waals surface area contributed by atoms with E-state index >= 15 is 0 Å². The summed E-state index contributed by atoms with van der Waals surface area (Å²) in [6.45, 7) is 12.7. The van der Waals surface area contributed by atoms with Crippen molar-refractivity contribution in [3.63, 3.8) is 0 Å². The molecule has 1 heterocycles. The summed E-state index contributed by atoms with van der Waals surface area (Å²) in [5.41, 5.74) is 7.24. The number of rotatable bonds is 3. The van der Waals surface area contributed by atoms with Crippen LogP contribution in [0.2, 0.25) is 0 Å². The zero-order valence-corrected chi connectivity index (χ0v) is 9.68. The molecule has 0 amide bonds. The highest BCUT2D eigenvalue weighted by molar-refractivity contribution is 4.99. The number of likely N-dealkylation sites (tertiary alicyclic amines) is 1. The topological polar surface area (TPSA) is 29.3 Å². The van der Waals surface area contributed by atoms with Crippen LogP contribution in [-0.4, -0.2) is 31.1 Å². The molecule has 1 aliphatic rings. The van der Waals surface area contributed by atoms with Gasteiger partial charge in [-0.2, -0.15) is 0 Å². The molecule has 0 saturated carbocycles. The molecule has 2 nitrogen and oxygen atoms in total. The predicted octanol–water partition coefficient (Wildman–Crippen LogP) is 2.01. The molecule has 82 valence electrons. The molecule has 1 aliphatic heterocycles. The molecule has 2 N–H and O–H groups in total. The van der Waals surface area contributed by atoms with E-state index in [-0.39, 0.29) is 0 Å². The van der Waals surface area contributed by atoms with Gasteiger partial charge in [-0.05, 0) is 43.3 Å². The van der Waals surface area contributed by atoms with Crippen LogP contribution in [0.5, 0.6) is 0 Å². The molecule has 1 fully saturated rings. The van der Waals surface area contributed by atoms with Gasteiger partial charge in [0.1, 0.15) is 0 Å². The fourth-order valence-corrected chi connectivity index (χ4v) is 2.02. The van der Waals surface area contributed by atoms with Crippen molar-refractivity contribution in [3.05, 3.63) is 12.2 Å². The predicted molar refractivity (Wildman–Crippen MR) is 62.3 cm³/mol. The van der Waals surface area contributed by atoms with Crippen molar-refractivity contribution in [3.8, 4) is 0 Å². The van der Waals surface area contributed by atoms with E-state index in [4.69, 9.17) is 5.73 Å². The Kier molecular flexibility index (Phi) is 4.14. The Morgan fingerprint density at radius 2 is 2.07 bits per heavy atom. The first-order valence-corrected chi connectivity index (χ1v) is 5.62. The first-order chi connectivity index (χ1) is 6.53. The summed E-state index contributed by atoms with van der Waals surface area (Å²) in [4.78, 5) is 2.49. The Hall–Kier alpha value is -0.340. The van der Waals surface area contributed by atoms with Crippen molar-refractivity contribution in [1.29, 1.82) is 0 Å². The monoisotopic (exact) mass is 196 g/mol. The molecule has 0 radical (unpaired) electrons. The van der Waals surface area contributed by atoms with E-state index in [9.17, 15) is 0 Å². The molecule has 0 aromatic rings. The Labute approximate surface area is 88.2 Å². The van der Waals surface area contributed by atoms with Crippen LogP contribution < -0.4 is 5.73 Å². The van der Waals surface area contributed by atoms with Crippen LogP contribution in [0.3, 0.4) is 0 Å². The Morgan fingerprint density at radius 3 is 2.71 bits per heavy atom. The van der Waals surface area contributed by atoms with E-state index in [1.54, 1.807) is 0 Å². The maximum atomic E-state index is 5.56. The molecule has 2 heteroatoms. The normalized spacial score (nSPS) is 23.1. The van der Waals surface area contributed by atoms with Gasteiger partial charge in [-0.3, -0.25) is 4.90 Å². The van der Waals surface area contributed by atoms with Crippen molar-refractivity contribution in [2.24, 2.45) is 11.1 Å². The SMILES string of the molecule is C=C(CN)CN1CCCC(C)(C)CC1. The van der Waals surface area contributed by atoms with E-state index in [1.165, 1.54) is 32.4 Å². The molecule has 1 saturated heterocycles. The quantitative estimate of drug-likeness (QED) is 0.700. The summed E-state index contributed by atoms with van der Waals surface area (Å²) in [5, 5.41) is 0. The van der Waals surface area contributed by atoms with Gasteiger partial charge in [-0.25, -0.2) is 0 Å². The third-order valence-electron chi connectivity index (χ3n) is 3.17. The zero-order chi connectivity index (χ0) is 10.6. The van der Waals surface area contributed by atoms with Crippen LogP contribution in [0.25, 0.3) is 0 Å². The molecule has 0 aromatic heterocycles. The van der Waals surface area contributed by atoms with E-state index in [1.807, 2.05) is 0 Å². The zero-order valence-electron chi connectivity index (χ0n) is 9.68. The fourth-order valence-electron chi connectivity index (χ4n) is 2.02. The first kappa shape index (κ1) is 11.7. The van der Waals surface area contributed by atoms with Gasteiger partial charge in [0.25, 0.3) is 0 Å². The standard InChI is InChI=1S/C12H24N2/c1-11(9-13)10-14-7-4-5-12(2,3)6-8-14/h1,4-10,13H2,2-3H3. The summed E-state index contributed by atoms with van der Waals surface area (Å²) in [7, 11) is 0. The van der Waals surface area contributed by atoms with Gasteiger partial charge < -0.3 is 5.73 Å². The molecule has 1 rings (SSSR count). The van der Waals surface area contributed by atoms with E-state index < -0.39 is 0 Å². The Bertz CT molecular complexity index is 196. The smallest absolute Gasteiger partial charge is 0.0202 e. The summed E-state index contributed by atoms with van der Waals surface area (Å²) < 4.78 is 0. The first-order valence-electron chi connectivity index (χ1n) is 5.62. The summed E-state index contributed by atoms with van der Waals surface area (Å²) in [5.74, 6) is 0. The minimum Gasteiger partial charge on any atom is -0.327 e. The van der Waals surface area contributed by atoms with Crippen LogP contribution in [0.15, 0.2) is 12.2 Å². The van der Waals surface area contributed by atoms with E-state index in [0.717, 1.165) is 12.1 Å². The summed E-state index contributed by atoms with van der Waals surface area (Å²) in [6, 6.07) is 0. The van der Waals surface area contributed by atoms with Crippen LogP contribution >= 0.6 is 0 Å². The van der Waals surface area contributed by atoms with Crippen molar-refractivity contribution in [1.82, 2.24) is 4.90 Å². The number of nitrogens with two attached hydrogens (primary N) is 1. The van der Waals surface area contributed by atoms with Crippen molar-refractivity contribution >= 4 is 0 Å². The van der Waals surface area contributed by atoms with E-state index in [0.29, 0.717) is 12.0 Å². The number of hydrogen-bond donors (Lipinski definition) is 1. The van der Waals surface area contributed by atoms with Crippen molar-refractivity contribution in [2.45, 2.75) is 33.1 Å². The second-order valence-corrected chi connectivity index (χ2v) is 5.25. The minimum absolute atomic E-state index is 0.527. The Morgan fingerprint density at radius 1 is 1.36 bits per heavy atom. The lowest BCUT2D eigenvalue weighted by Gasteiger charge is -2.23. The van der Waals surface area contributed by atoms with Gasteiger partial charge in [0.15, 0.2) is 0 Å². The molecule has 0 aliphatic carbocycles. The van der Waals surface area contributed by atoms with Gasteiger partial charge >= 0.3 is 0 Å². The van der Waals surface area contributed by atoms with Crippen molar-refractivity contribution < 1.29 is 0 Å². The van der Waals surface area contributed by atoms with Gasteiger partial charge in [-0.1, -0.05) is 20.4 Å². The van der Waals surface area contributed by atoms with Gasteiger partial charge in [-0.15, -0.1) is 0 Å². The maximum absolute atomic E-state index is 5.56. The maximum Gasteiger partial charge on any atom is 0.0202 e. The number of hydrogen-bond acceptors (Lipinski definition) is 2. The molecule has 0 aromatic carbocycles. The van der Waals surface area contributed by atoms with Crippen LogP contribution in [0.4, 0.5) is 0 Å². The molecule has 0 unspecified atom stereocenters. The van der Waals surface area contributed by atoms with Crippen LogP contribution in [0, 0.1) is 5.41 Å². The lowest BCUT2D eigenvalue weighted by Crippen LogP contribution is -2.29. The van der Waals surface area contributed by atoms with Gasteiger partial charge in [0.2, 0.25) is 0 Å². The second kappa shape index (κ2) is 4.94. The van der Waals surface area contributed by atoms with Gasteiger partial charge in [0.05, 0.1) is 0 Å². The van der Waals surface area contributed by atoms with Crippen LogP contribution in [0.1, 0.15) is 33.1 Å². The van der Waals surface area contributed by atoms with Gasteiger partial charge in [0, 0.05) is 13.1 Å². The highest BCUT2D eigenvalue weighted by atomic mass is 15.1. The molecular formula is C12H24N2. The lowest BCUT2D eigenvalue weighted by molar-refractivity contribution is 0.277. The largest absolute Gasteiger partial charge is 0.327 e. The highest BCUT2D eigenvalue weighted by Crippen LogP contribution is 2.29. The van der Waals surface area contributed by atoms with E-state index in [2.05, 4.69) is 25.3 Å². The molecule has 0 spiro atoms. The lowest BCUT2D eigenvalue weighted by atomic mass is 9.85.